The SMILES string of the molecule is CC(C)(C)c1ccc(-c2ccc(C(C)(C)C)cc2N(c2ccc(C(C)(C)C)cc2-c2ccc(C(C)(C)C)c(-c3ccc(C(C)(C)C)cc3)c2)c2ccc3ccc4c(-n5c6ccc(C(C)(C)C)cc6c6cc(C(C)(C)C)ccc65)ccc5ccc2c3c54)cc1. The molecule has 0 amide bonds. The predicted molar refractivity (Wildman–Crippen MR) is 386 cm³/mol. The maximum Gasteiger partial charge on any atom is 0.0543 e. The molecule has 0 aliphatic heterocycles. The first-order valence-corrected chi connectivity index (χ1v) is 32.3. The molecule has 2 heteroatoms. The number of nitrogens with zero attached hydrogens (tertiary/aromatic N) is 2. The lowest BCUT2D eigenvalue weighted by Crippen LogP contribution is -2.18. The van der Waals surface area contributed by atoms with Crippen LogP contribution in [-0.4, -0.2) is 4.57 Å². The van der Waals surface area contributed by atoms with Gasteiger partial charge in [-0.15, -0.1) is 0 Å². The highest BCUT2D eigenvalue weighted by Gasteiger charge is 2.30. The van der Waals surface area contributed by atoms with E-state index in [0.717, 1.165) is 17.1 Å². The Morgan fingerprint density at radius 1 is 0.250 bits per heavy atom. The van der Waals surface area contributed by atoms with Gasteiger partial charge < -0.3 is 9.47 Å². The average molecular weight is 1160 g/mol. The molecule has 0 fully saturated rings. The second-order valence-electron chi connectivity index (χ2n) is 32.9. The molecule has 2 nitrogen and oxygen atoms in total. The van der Waals surface area contributed by atoms with Gasteiger partial charge in [-0.25, -0.2) is 0 Å². The Kier molecular flexibility index (Phi) is 14.3. The predicted octanol–water partition coefficient (Wildman–Crippen LogP) is 25.2. The van der Waals surface area contributed by atoms with E-state index in [1.165, 1.54) is 132 Å². The molecule has 12 aromatic rings. The Hall–Kier alpha value is -7.94. The summed E-state index contributed by atoms with van der Waals surface area (Å²) < 4.78 is 2.55. The van der Waals surface area contributed by atoms with E-state index in [9.17, 15) is 0 Å². The highest BCUT2D eigenvalue weighted by molar-refractivity contribution is 6.28. The molecule has 0 spiro atoms. The Bertz CT molecular complexity index is 4590. The quantitative estimate of drug-likeness (QED) is 0.144. The smallest absolute Gasteiger partial charge is 0.0543 e. The standard InChI is InChI=1S/C86H94N2/c1-80(2,3)58-31-22-53(23-32-58)64-41-35-63(85(16,17)18)52-77(64)88(74-45-36-60(82(7,8)9)49-68(74)57-28-42-71(86(19,20)21)67(48-57)54-24-33-59(34-25-54)81(4,5)6)73-44-30-56-26-39-65-72(43-29-55-27-40-66(73)79(56)78(55)65)87-75-46-37-61(83(10,11)12)50-69(75)70-51-62(84(13,14)15)38-47-76(70)87/h22-52H,1-21H3. The van der Waals surface area contributed by atoms with Crippen LogP contribution in [0.25, 0.3) is 93.2 Å². The maximum absolute atomic E-state index is 2.65. The van der Waals surface area contributed by atoms with E-state index in [4.69, 9.17) is 0 Å². The van der Waals surface area contributed by atoms with E-state index in [1.807, 2.05) is 0 Å². The second-order valence-corrected chi connectivity index (χ2v) is 32.9. The number of benzene rings is 11. The largest absolute Gasteiger partial charge is 0.309 e. The molecule has 448 valence electrons. The topological polar surface area (TPSA) is 8.17 Å². The zero-order valence-electron chi connectivity index (χ0n) is 56.8. The van der Waals surface area contributed by atoms with Gasteiger partial charge in [0.2, 0.25) is 0 Å². The van der Waals surface area contributed by atoms with E-state index < -0.39 is 0 Å². The molecule has 0 unspecified atom stereocenters. The van der Waals surface area contributed by atoms with Crippen molar-refractivity contribution < 1.29 is 0 Å². The molecule has 0 radical (unpaired) electrons. The number of aromatic nitrogens is 1. The highest BCUT2D eigenvalue weighted by Crippen LogP contribution is 2.52. The summed E-state index contributed by atoms with van der Waals surface area (Å²) in [5.74, 6) is 0. The molecule has 0 aliphatic carbocycles. The lowest BCUT2D eigenvalue weighted by Gasteiger charge is -2.34. The molecule has 12 rings (SSSR count). The minimum Gasteiger partial charge on any atom is -0.309 e. The van der Waals surface area contributed by atoms with Gasteiger partial charge in [-0.05, 0) is 181 Å². The van der Waals surface area contributed by atoms with Gasteiger partial charge in [-0.2, -0.15) is 0 Å². The van der Waals surface area contributed by atoms with Crippen LogP contribution in [0.15, 0.2) is 188 Å². The number of anilines is 3. The summed E-state index contributed by atoms with van der Waals surface area (Å²) in [6, 6.07) is 74.3. The van der Waals surface area contributed by atoms with E-state index in [-0.39, 0.29) is 37.9 Å². The summed E-state index contributed by atoms with van der Waals surface area (Å²) in [6.07, 6.45) is 0. The van der Waals surface area contributed by atoms with Crippen molar-refractivity contribution in [3.8, 4) is 39.1 Å². The molecule has 0 atom stereocenters. The van der Waals surface area contributed by atoms with Gasteiger partial charge in [0.1, 0.15) is 0 Å². The van der Waals surface area contributed by atoms with Gasteiger partial charge in [-0.3, -0.25) is 0 Å². The molecule has 11 aromatic carbocycles. The lowest BCUT2D eigenvalue weighted by atomic mass is 9.79. The van der Waals surface area contributed by atoms with Crippen LogP contribution in [0.2, 0.25) is 0 Å². The van der Waals surface area contributed by atoms with Crippen LogP contribution in [0, 0.1) is 0 Å². The maximum atomic E-state index is 2.65. The number of rotatable bonds is 7. The van der Waals surface area contributed by atoms with Crippen LogP contribution >= 0.6 is 0 Å². The summed E-state index contributed by atoms with van der Waals surface area (Å²) in [7, 11) is 0. The van der Waals surface area contributed by atoms with Crippen LogP contribution < -0.4 is 4.90 Å². The Balaban J connectivity index is 1.18. The van der Waals surface area contributed by atoms with Crippen LogP contribution in [0.4, 0.5) is 17.1 Å². The average Bonchev–Trinajstić information content (AvgIpc) is 1.52. The Morgan fingerprint density at radius 2 is 0.648 bits per heavy atom. The summed E-state index contributed by atoms with van der Waals surface area (Å²) in [5, 5.41) is 10.1. The molecular weight excluding hydrogens is 1060 g/mol. The van der Waals surface area contributed by atoms with Crippen molar-refractivity contribution in [2.75, 3.05) is 4.90 Å². The van der Waals surface area contributed by atoms with Crippen molar-refractivity contribution in [2.45, 2.75) is 183 Å². The fourth-order valence-corrected chi connectivity index (χ4v) is 13.5. The first-order valence-electron chi connectivity index (χ1n) is 32.3. The van der Waals surface area contributed by atoms with Crippen molar-refractivity contribution >= 4 is 71.2 Å². The van der Waals surface area contributed by atoms with E-state index >= 15 is 0 Å². The summed E-state index contributed by atoms with van der Waals surface area (Å²) in [4.78, 5) is 2.65. The molecule has 0 bridgehead atoms. The van der Waals surface area contributed by atoms with E-state index in [0.29, 0.717) is 0 Å². The van der Waals surface area contributed by atoms with Crippen molar-refractivity contribution in [3.63, 3.8) is 0 Å². The molecular formula is C86H94N2. The third kappa shape index (κ3) is 10.8. The Labute approximate surface area is 527 Å². The van der Waals surface area contributed by atoms with Gasteiger partial charge in [0.25, 0.3) is 0 Å². The van der Waals surface area contributed by atoms with Gasteiger partial charge in [0.05, 0.1) is 33.8 Å². The van der Waals surface area contributed by atoms with E-state index in [1.54, 1.807) is 0 Å². The fourth-order valence-electron chi connectivity index (χ4n) is 13.5. The summed E-state index contributed by atoms with van der Waals surface area (Å²) >= 11 is 0. The van der Waals surface area contributed by atoms with Crippen molar-refractivity contribution in [2.24, 2.45) is 0 Å². The number of hydrogen-bond acceptors (Lipinski definition) is 1. The van der Waals surface area contributed by atoms with Gasteiger partial charge in [0.15, 0.2) is 0 Å². The number of fused-ring (bicyclic) bond motifs is 3. The normalized spacial score (nSPS) is 13.3. The third-order valence-electron chi connectivity index (χ3n) is 19.1. The zero-order chi connectivity index (χ0) is 63.2. The Morgan fingerprint density at radius 3 is 1.16 bits per heavy atom. The van der Waals surface area contributed by atoms with Crippen LogP contribution in [0.3, 0.4) is 0 Å². The monoisotopic (exact) mass is 1150 g/mol. The summed E-state index contributed by atoms with van der Waals surface area (Å²) in [5.41, 5.74) is 23.3. The molecule has 0 aliphatic rings. The van der Waals surface area contributed by atoms with Crippen molar-refractivity contribution in [1.82, 2.24) is 4.57 Å². The first kappa shape index (κ1) is 60.3. The highest BCUT2D eigenvalue weighted by atomic mass is 15.1. The lowest BCUT2D eigenvalue weighted by molar-refractivity contribution is 0.589. The molecule has 0 saturated heterocycles. The summed E-state index contributed by atoms with van der Waals surface area (Å²) in [6.45, 7) is 48.9. The first-order chi connectivity index (χ1) is 41.1. The third-order valence-corrected chi connectivity index (χ3v) is 19.1. The second kappa shape index (κ2) is 20.8. The fraction of sp³-hybridized carbons (Fsp3) is 0.326. The van der Waals surface area contributed by atoms with Crippen molar-refractivity contribution in [1.29, 1.82) is 0 Å². The minimum atomic E-state index is -0.136. The minimum absolute atomic E-state index is 0.00267. The van der Waals surface area contributed by atoms with Crippen LogP contribution in [-0.2, 0) is 37.9 Å². The van der Waals surface area contributed by atoms with Gasteiger partial charge in [0, 0.05) is 32.7 Å². The van der Waals surface area contributed by atoms with Crippen molar-refractivity contribution in [3.05, 3.63) is 227 Å². The van der Waals surface area contributed by atoms with Gasteiger partial charge in [-0.1, -0.05) is 273 Å². The van der Waals surface area contributed by atoms with E-state index in [2.05, 4.69) is 343 Å². The molecule has 1 aromatic heterocycles. The zero-order valence-corrected chi connectivity index (χ0v) is 56.8. The van der Waals surface area contributed by atoms with Crippen LogP contribution in [0.5, 0.6) is 0 Å². The van der Waals surface area contributed by atoms with Gasteiger partial charge >= 0.3 is 0 Å². The molecule has 0 N–H and O–H groups in total. The molecule has 0 saturated carbocycles. The van der Waals surface area contributed by atoms with Crippen LogP contribution in [0.1, 0.15) is 184 Å². The number of hydrogen-bond donors (Lipinski definition) is 0. The molecule has 88 heavy (non-hydrogen) atoms. The molecule has 1 heterocycles.